The molecule has 5 rings (SSSR count). The Labute approximate surface area is 198 Å². The first-order valence-corrected chi connectivity index (χ1v) is 10.8. The van der Waals surface area contributed by atoms with Gasteiger partial charge in [-0.05, 0) is 48.0 Å². The molecule has 2 aromatic heterocycles. The second-order valence-electron chi connectivity index (χ2n) is 7.63. The molecule has 8 heteroatoms. The van der Waals surface area contributed by atoms with Crippen LogP contribution in [0.5, 0.6) is 5.75 Å². The maximum Gasteiger partial charge on any atom is 0.433 e. The van der Waals surface area contributed by atoms with Crippen LogP contribution in [0.3, 0.4) is 0 Å². The Balaban J connectivity index is 1.48. The lowest BCUT2D eigenvalue weighted by atomic mass is 10.1. The number of fused-ring (bicyclic) bond motifs is 1. The summed E-state index contributed by atoms with van der Waals surface area (Å²) >= 11 is 5.92. The third-order valence-electron chi connectivity index (χ3n) is 5.26. The molecule has 0 fully saturated rings. The van der Waals surface area contributed by atoms with Crippen molar-refractivity contribution in [3.8, 4) is 28.3 Å². The summed E-state index contributed by atoms with van der Waals surface area (Å²) in [5, 5.41) is 4.68. The summed E-state index contributed by atoms with van der Waals surface area (Å²) in [4.78, 5) is 4.44. The van der Waals surface area contributed by atoms with E-state index < -0.39 is 11.9 Å². The van der Waals surface area contributed by atoms with Gasteiger partial charge in [0.2, 0.25) is 0 Å². The number of benzene rings is 3. The van der Waals surface area contributed by atoms with Crippen molar-refractivity contribution in [1.82, 2.24) is 14.6 Å². The molecule has 0 atom stereocenters. The highest BCUT2D eigenvalue weighted by Gasteiger charge is 2.35. The lowest BCUT2D eigenvalue weighted by Crippen LogP contribution is -2.13. The minimum Gasteiger partial charge on any atom is -0.489 e. The van der Waals surface area contributed by atoms with Crippen molar-refractivity contribution >= 4 is 17.2 Å². The molecule has 0 bridgehead atoms. The summed E-state index contributed by atoms with van der Waals surface area (Å²) in [6.07, 6.45) is -4.61. The highest BCUT2D eigenvalue weighted by atomic mass is 35.5. The van der Waals surface area contributed by atoms with Gasteiger partial charge in [-0.3, -0.25) is 0 Å². The summed E-state index contributed by atoms with van der Waals surface area (Å²) in [5.74, 6) is 0.610. The second-order valence-corrected chi connectivity index (χ2v) is 8.07. The van der Waals surface area contributed by atoms with Crippen molar-refractivity contribution in [2.24, 2.45) is 0 Å². The Morgan fingerprint density at radius 3 is 2.12 bits per heavy atom. The molecular weight excluding hydrogens is 463 g/mol. The van der Waals surface area contributed by atoms with E-state index in [0.717, 1.165) is 16.1 Å². The number of nitrogens with zero attached hydrogens (tertiary/aromatic N) is 3. The average molecular weight is 480 g/mol. The summed E-state index contributed by atoms with van der Waals surface area (Å²) in [5.41, 5.74) is 1.95. The van der Waals surface area contributed by atoms with Gasteiger partial charge < -0.3 is 4.74 Å². The highest BCUT2D eigenvalue weighted by Crippen LogP contribution is 2.34. The highest BCUT2D eigenvalue weighted by molar-refractivity contribution is 6.30. The molecule has 0 radical (unpaired) electrons. The van der Waals surface area contributed by atoms with Crippen molar-refractivity contribution < 1.29 is 17.9 Å². The van der Waals surface area contributed by atoms with E-state index in [4.69, 9.17) is 16.3 Å². The van der Waals surface area contributed by atoms with Crippen LogP contribution in [0.25, 0.3) is 28.2 Å². The van der Waals surface area contributed by atoms with E-state index in [1.54, 1.807) is 48.5 Å². The monoisotopic (exact) mass is 479 g/mol. The van der Waals surface area contributed by atoms with Gasteiger partial charge in [0.1, 0.15) is 12.4 Å². The summed E-state index contributed by atoms with van der Waals surface area (Å²) in [6.45, 7) is 0.395. The third kappa shape index (κ3) is 4.61. The van der Waals surface area contributed by atoms with E-state index in [9.17, 15) is 13.2 Å². The number of halogens is 4. The maximum absolute atomic E-state index is 13.9. The van der Waals surface area contributed by atoms with E-state index in [1.807, 2.05) is 30.3 Å². The topological polar surface area (TPSA) is 39.4 Å². The normalized spacial score (nSPS) is 11.6. The number of ether oxygens (including phenoxy) is 1. The second kappa shape index (κ2) is 8.83. The van der Waals surface area contributed by atoms with E-state index in [1.165, 1.54) is 6.07 Å². The molecule has 2 heterocycles. The molecule has 3 aromatic carbocycles. The minimum atomic E-state index is -4.61. The van der Waals surface area contributed by atoms with Gasteiger partial charge in [-0.15, -0.1) is 0 Å². The Kier molecular flexibility index (Phi) is 5.71. The maximum atomic E-state index is 13.9. The largest absolute Gasteiger partial charge is 0.489 e. The summed E-state index contributed by atoms with van der Waals surface area (Å²) < 4.78 is 48.2. The van der Waals surface area contributed by atoms with Crippen LogP contribution in [0.1, 0.15) is 11.3 Å². The molecule has 0 aliphatic rings. The first kappa shape index (κ1) is 22.0. The van der Waals surface area contributed by atoms with Crippen molar-refractivity contribution in [1.29, 1.82) is 0 Å². The molecule has 0 unspecified atom stereocenters. The Bertz CT molecular complexity index is 1430. The molecule has 4 nitrogen and oxygen atoms in total. The van der Waals surface area contributed by atoms with Crippen LogP contribution >= 0.6 is 11.6 Å². The van der Waals surface area contributed by atoms with Gasteiger partial charge in [-0.25, -0.2) is 9.50 Å². The third-order valence-corrected chi connectivity index (χ3v) is 5.51. The van der Waals surface area contributed by atoms with Crippen LogP contribution in [-0.4, -0.2) is 14.6 Å². The fourth-order valence-corrected chi connectivity index (χ4v) is 3.67. The molecule has 0 saturated heterocycles. The lowest BCUT2D eigenvalue weighted by molar-refractivity contribution is -0.142. The lowest BCUT2D eigenvalue weighted by Gasteiger charge is -2.11. The Hall–Kier alpha value is -3.84. The standard InChI is InChI=1S/C26H17ClF3N3O/c27-20-10-6-19(7-11-20)23-15-25-31-22(14-24(26(28,29)30)33(25)32-23)18-8-12-21(13-9-18)34-16-17-4-2-1-3-5-17/h1-15H,16H2. The van der Waals surface area contributed by atoms with Crippen molar-refractivity contribution in [2.45, 2.75) is 12.8 Å². The van der Waals surface area contributed by atoms with Crippen LogP contribution in [0.15, 0.2) is 91.0 Å². The number of hydrogen-bond acceptors (Lipinski definition) is 3. The first-order chi connectivity index (χ1) is 16.4. The van der Waals surface area contributed by atoms with Gasteiger partial charge >= 0.3 is 6.18 Å². The molecule has 0 spiro atoms. The number of hydrogen-bond donors (Lipinski definition) is 0. The zero-order chi connectivity index (χ0) is 23.7. The average Bonchev–Trinajstić information content (AvgIpc) is 3.27. The van der Waals surface area contributed by atoms with Crippen molar-refractivity contribution in [2.75, 3.05) is 0 Å². The molecule has 170 valence electrons. The van der Waals surface area contributed by atoms with Gasteiger partial charge in [0, 0.05) is 22.2 Å². The predicted molar refractivity (Wildman–Crippen MR) is 125 cm³/mol. The van der Waals surface area contributed by atoms with Crippen molar-refractivity contribution in [3.63, 3.8) is 0 Å². The fourth-order valence-electron chi connectivity index (χ4n) is 3.55. The minimum absolute atomic E-state index is 0.0965. The number of aromatic nitrogens is 3. The SMILES string of the molecule is FC(F)(F)c1cc(-c2ccc(OCc3ccccc3)cc2)nc2cc(-c3ccc(Cl)cc3)nn12. The van der Waals surface area contributed by atoms with Crippen LogP contribution in [0.4, 0.5) is 13.2 Å². The van der Waals surface area contributed by atoms with Gasteiger partial charge in [-0.2, -0.15) is 18.3 Å². The molecule has 0 aliphatic carbocycles. The van der Waals surface area contributed by atoms with Gasteiger partial charge in [0.05, 0.1) is 11.4 Å². The Morgan fingerprint density at radius 1 is 0.794 bits per heavy atom. The first-order valence-electron chi connectivity index (χ1n) is 10.4. The van der Waals surface area contributed by atoms with Crippen LogP contribution in [0, 0.1) is 0 Å². The number of rotatable bonds is 5. The summed E-state index contributed by atoms with van der Waals surface area (Å²) in [6, 6.07) is 25.8. The fraction of sp³-hybridized carbons (Fsp3) is 0.0769. The van der Waals surface area contributed by atoms with Gasteiger partial charge in [0.15, 0.2) is 11.3 Å². The molecule has 0 aliphatic heterocycles. The van der Waals surface area contributed by atoms with Crippen LogP contribution in [-0.2, 0) is 12.8 Å². The molecule has 34 heavy (non-hydrogen) atoms. The van der Waals surface area contributed by atoms with E-state index in [0.29, 0.717) is 34.2 Å². The van der Waals surface area contributed by atoms with Crippen molar-refractivity contribution in [3.05, 3.63) is 107 Å². The summed E-state index contributed by atoms with van der Waals surface area (Å²) in [7, 11) is 0. The van der Waals surface area contributed by atoms with E-state index >= 15 is 0 Å². The molecule has 0 saturated carbocycles. The predicted octanol–water partition coefficient (Wildman–Crippen LogP) is 7.31. The Morgan fingerprint density at radius 2 is 1.44 bits per heavy atom. The molecule has 0 N–H and O–H groups in total. The molecule has 5 aromatic rings. The quantitative estimate of drug-likeness (QED) is 0.265. The zero-order valence-corrected chi connectivity index (χ0v) is 18.4. The smallest absolute Gasteiger partial charge is 0.433 e. The van der Waals surface area contributed by atoms with Gasteiger partial charge in [-0.1, -0.05) is 54.1 Å². The van der Waals surface area contributed by atoms with Gasteiger partial charge in [0.25, 0.3) is 0 Å². The molecular formula is C26H17ClF3N3O. The van der Waals surface area contributed by atoms with E-state index in [2.05, 4.69) is 10.1 Å². The zero-order valence-electron chi connectivity index (χ0n) is 17.6. The van der Waals surface area contributed by atoms with Crippen LogP contribution in [0.2, 0.25) is 5.02 Å². The van der Waals surface area contributed by atoms with E-state index in [-0.39, 0.29) is 11.3 Å². The molecule has 0 amide bonds. The van der Waals surface area contributed by atoms with Crippen LogP contribution < -0.4 is 4.74 Å². The number of alkyl halides is 3.